The predicted molar refractivity (Wildman–Crippen MR) is 82.7 cm³/mol. The molecule has 5 heteroatoms. The molecule has 5 nitrogen and oxygen atoms in total. The number of aromatic hydroxyl groups is 2. The van der Waals surface area contributed by atoms with Crippen molar-refractivity contribution in [2.24, 2.45) is 0 Å². The molecule has 2 aromatic carbocycles. The molecule has 0 saturated heterocycles. The highest BCUT2D eigenvalue weighted by atomic mass is 16.5. The van der Waals surface area contributed by atoms with Crippen molar-refractivity contribution < 1.29 is 24.5 Å². The summed E-state index contributed by atoms with van der Waals surface area (Å²) in [5, 5.41) is 19.7. The Morgan fingerprint density at radius 3 is 2.23 bits per heavy atom. The molecule has 0 unspecified atom stereocenters. The Morgan fingerprint density at radius 2 is 1.64 bits per heavy atom. The number of rotatable bonds is 5. The lowest BCUT2D eigenvalue weighted by atomic mass is 10.1. The molecule has 0 amide bonds. The Bertz CT molecular complexity index is 705. The van der Waals surface area contributed by atoms with E-state index in [0.29, 0.717) is 0 Å². The highest BCUT2D eigenvalue weighted by Crippen LogP contribution is 2.44. The molecule has 0 saturated carbocycles. The van der Waals surface area contributed by atoms with Crippen LogP contribution in [-0.2, 0) is 0 Å². The first-order valence-corrected chi connectivity index (χ1v) is 6.52. The third-order valence-corrected chi connectivity index (χ3v) is 3.08. The van der Waals surface area contributed by atoms with Gasteiger partial charge >= 0.3 is 0 Å². The third kappa shape index (κ3) is 3.03. The van der Waals surface area contributed by atoms with E-state index in [1.54, 1.807) is 6.08 Å². The molecule has 0 spiro atoms. The summed E-state index contributed by atoms with van der Waals surface area (Å²) >= 11 is 0. The fourth-order valence-electron chi connectivity index (χ4n) is 2.06. The second-order valence-corrected chi connectivity index (χ2v) is 4.46. The summed E-state index contributed by atoms with van der Waals surface area (Å²) in [6.07, 6.45) is 2.95. The number of carbonyl (C=O) groups is 1. The van der Waals surface area contributed by atoms with Gasteiger partial charge in [-0.2, -0.15) is 0 Å². The lowest BCUT2D eigenvalue weighted by Crippen LogP contribution is -2.02. The van der Waals surface area contributed by atoms with Gasteiger partial charge in [0.25, 0.3) is 0 Å². The smallest absolute Gasteiger partial charge is 0.204 e. The molecule has 0 aliphatic heterocycles. The summed E-state index contributed by atoms with van der Waals surface area (Å²) in [6, 6.07) is 10.3. The van der Waals surface area contributed by atoms with E-state index in [1.807, 2.05) is 30.3 Å². The summed E-state index contributed by atoms with van der Waals surface area (Å²) < 4.78 is 10.1. The number of carbonyl (C=O) groups excluding carboxylic acids is 1. The van der Waals surface area contributed by atoms with Gasteiger partial charge in [0.05, 0.1) is 14.2 Å². The van der Waals surface area contributed by atoms with Crippen molar-refractivity contribution in [3.05, 3.63) is 53.6 Å². The van der Waals surface area contributed by atoms with E-state index in [2.05, 4.69) is 0 Å². The molecule has 0 fully saturated rings. The summed E-state index contributed by atoms with van der Waals surface area (Å²) in [5.41, 5.74) is 0.782. The number of ether oxygens (including phenoxy) is 2. The SMILES string of the molecule is COc1c(O)cc(O)c(C(=O)C=Cc2ccccc2)c1OC. The van der Waals surface area contributed by atoms with E-state index >= 15 is 0 Å². The van der Waals surface area contributed by atoms with Gasteiger partial charge in [-0.05, 0) is 11.6 Å². The van der Waals surface area contributed by atoms with Gasteiger partial charge in [0.1, 0.15) is 11.3 Å². The summed E-state index contributed by atoms with van der Waals surface area (Å²) in [5.74, 6) is -1.16. The molecular weight excluding hydrogens is 284 g/mol. The maximum Gasteiger partial charge on any atom is 0.204 e. The van der Waals surface area contributed by atoms with Crippen LogP contribution in [0, 0.1) is 0 Å². The van der Waals surface area contributed by atoms with Crippen molar-refractivity contribution >= 4 is 11.9 Å². The normalized spacial score (nSPS) is 10.6. The summed E-state index contributed by atoms with van der Waals surface area (Å²) in [6.45, 7) is 0. The molecular formula is C17H16O5. The molecule has 114 valence electrons. The second kappa shape index (κ2) is 6.67. The summed E-state index contributed by atoms with van der Waals surface area (Å²) in [7, 11) is 2.66. The number of phenolic OH excluding ortho intramolecular Hbond substituents is 2. The number of hydrogen-bond donors (Lipinski definition) is 2. The van der Waals surface area contributed by atoms with Crippen LogP contribution < -0.4 is 9.47 Å². The zero-order chi connectivity index (χ0) is 16.1. The molecule has 0 atom stereocenters. The van der Waals surface area contributed by atoms with Crippen LogP contribution in [-0.4, -0.2) is 30.2 Å². The Morgan fingerprint density at radius 1 is 1.00 bits per heavy atom. The first kappa shape index (κ1) is 15.4. The zero-order valence-electron chi connectivity index (χ0n) is 12.2. The molecule has 0 bridgehead atoms. The lowest BCUT2D eigenvalue weighted by molar-refractivity contribution is 0.104. The second-order valence-electron chi connectivity index (χ2n) is 4.46. The maximum absolute atomic E-state index is 12.3. The molecule has 22 heavy (non-hydrogen) atoms. The van der Waals surface area contributed by atoms with Crippen molar-refractivity contribution in [3.8, 4) is 23.0 Å². The van der Waals surface area contributed by atoms with Crippen LogP contribution in [0.4, 0.5) is 0 Å². The minimum atomic E-state index is -0.462. The van der Waals surface area contributed by atoms with Crippen LogP contribution in [0.2, 0.25) is 0 Å². The number of hydrogen-bond acceptors (Lipinski definition) is 5. The van der Waals surface area contributed by atoms with Crippen LogP contribution in [0.1, 0.15) is 15.9 Å². The van der Waals surface area contributed by atoms with Crippen LogP contribution in [0.25, 0.3) is 6.08 Å². The van der Waals surface area contributed by atoms with Crippen LogP contribution in [0.15, 0.2) is 42.5 Å². The summed E-state index contributed by atoms with van der Waals surface area (Å²) in [4.78, 5) is 12.3. The van der Waals surface area contributed by atoms with Gasteiger partial charge in [0.15, 0.2) is 17.3 Å². The van der Waals surface area contributed by atoms with Crippen LogP contribution in [0.3, 0.4) is 0 Å². The van der Waals surface area contributed by atoms with Crippen molar-refractivity contribution in [3.63, 3.8) is 0 Å². The average molecular weight is 300 g/mol. The van der Waals surface area contributed by atoms with E-state index in [4.69, 9.17) is 9.47 Å². The zero-order valence-corrected chi connectivity index (χ0v) is 12.2. The van der Waals surface area contributed by atoms with E-state index in [9.17, 15) is 15.0 Å². The first-order chi connectivity index (χ1) is 10.6. The van der Waals surface area contributed by atoms with E-state index < -0.39 is 5.78 Å². The van der Waals surface area contributed by atoms with E-state index in [0.717, 1.165) is 11.6 Å². The Labute approximate surface area is 128 Å². The van der Waals surface area contributed by atoms with Crippen molar-refractivity contribution in [1.29, 1.82) is 0 Å². The molecule has 2 aromatic rings. The minimum Gasteiger partial charge on any atom is -0.507 e. The molecule has 0 heterocycles. The van der Waals surface area contributed by atoms with Gasteiger partial charge in [-0.3, -0.25) is 4.79 Å². The van der Waals surface area contributed by atoms with Gasteiger partial charge < -0.3 is 19.7 Å². The van der Waals surface area contributed by atoms with Gasteiger partial charge in [-0.1, -0.05) is 36.4 Å². The van der Waals surface area contributed by atoms with E-state index in [1.165, 1.54) is 20.3 Å². The lowest BCUT2D eigenvalue weighted by Gasteiger charge is -2.13. The Balaban J connectivity index is 2.43. The number of phenols is 2. The number of allylic oxidation sites excluding steroid dienone is 1. The quantitative estimate of drug-likeness (QED) is 0.655. The molecule has 0 aromatic heterocycles. The molecule has 2 rings (SSSR count). The van der Waals surface area contributed by atoms with Gasteiger partial charge in [-0.25, -0.2) is 0 Å². The van der Waals surface area contributed by atoms with Crippen LogP contribution >= 0.6 is 0 Å². The number of methoxy groups -OCH3 is 2. The third-order valence-electron chi connectivity index (χ3n) is 3.08. The monoisotopic (exact) mass is 300 g/mol. The molecule has 2 N–H and O–H groups in total. The number of ketones is 1. The maximum atomic E-state index is 12.3. The highest BCUT2D eigenvalue weighted by molar-refractivity contribution is 6.11. The molecule has 0 aliphatic carbocycles. The predicted octanol–water partition coefficient (Wildman–Crippen LogP) is 3.01. The van der Waals surface area contributed by atoms with E-state index in [-0.39, 0.29) is 28.6 Å². The largest absolute Gasteiger partial charge is 0.507 e. The molecule has 0 radical (unpaired) electrons. The minimum absolute atomic E-state index is 0.00300. The Kier molecular flexibility index (Phi) is 4.68. The fourth-order valence-corrected chi connectivity index (χ4v) is 2.06. The van der Waals surface area contributed by atoms with Gasteiger partial charge in [-0.15, -0.1) is 0 Å². The average Bonchev–Trinajstić information content (AvgIpc) is 2.52. The van der Waals surface area contributed by atoms with Crippen molar-refractivity contribution in [2.45, 2.75) is 0 Å². The van der Waals surface area contributed by atoms with Crippen molar-refractivity contribution in [2.75, 3.05) is 14.2 Å². The Hall–Kier alpha value is -2.95. The van der Waals surface area contributed by atoms with Crippen LogP contribution in [0.5, 0.6) is 23.0 Å². The van der Waals surface area contributed by atoms with Gasteiger partial charge in [0, 0.05) is 6.07 Å². The topological polar surface area (TPSA) is 76.0 Å². The molecule has 0 aliphatic rings. The first-order valence-electron chi connectivity index (χ1n) is 6.52. The van der Waals surface area contributed by atoms with Crippen molar-refractivity contribution in [1.82, 2.24) is 0 Å². The number of benzene rings is 2. The standard InChI is InChI=1S/C17H16O5/c1-21-16-14(20)10-13(19)15(17(16)22-2)12(18)9-8-11-6-4-3-5-7-11/h3-10,19-20H,1-2H3. The van der Waals surface area contributed by atoms with Gasteiger partial charge in [0.2, 0.25) is 5.75 Å². The highest BCUT2D eigenvalue weighted by Gasteiger charge is 2.23. The fraction of sp³-hybridized carbons (Fsp3) is 0.118.